The fraction of sp³-hybridized carbons (Fsp3) is 0.194. The third-order valence-electron chi connectivity index (χ3n) is 6.85. The molecule has 5 rings (SSSR count). The van der Waals surface area contributed by atoms with E-state index in [0.717, 1.165) is 39.4 Å². The molecule has 198 valence electrons. The number of H-pyrrole nitrogens is 1. The van der Waals surface area contributed by atoms with Crippen molar-refractivity contribution in [3.63, 3.8) is 0 Å². The summed E-state index contributed by atoms with van der Waals surface area (Å²) >= 11 is 0. The third-order valence-corrected chi connectivity index (χ3v) is 6.85. The van der Waals surface area contributed by atoms with Crippen LogP contribution in [-0.2, 0) is 6.42 Å². The Bertz CT molecular complexity index is 1660. The van der Waals surface area contributed by atoms with Gasteiger partial charge in [-0.2, -0.15) is 0 Å². The van der Waals surface area contributed by atoms with Gasteiger partial charge in [0.15, 0.2) is 17.9 Å². The number of benzene rings is 3. The SMILES string of the molecule is CCOc1cc(CC)cc(C(Nc2ccc3c(N)nccc3c2)c2ncc(-c3cccc(C)c3C=O)[nH]2)c1F. The van der Waals surface area contributed by atoms with Crippen LogP contribution < -0.4 is 15.8 Å². The second kappa shape index (κ2) is 10.9. The molecular weight excluding hydrogens is 493 g/mol. The Labute approximate surface area is 226 Å². The summed E-state index contributed by atoms with van der Waals surface area (Å²) in [7, 11) is 0. The lowest BCUT2D eigenvalue weighted by Gasteiger charge is -2.22. The van der Waals surface area contributed by atoms with E-state index in [1.165, 1.54) is 0 Å². The molecule has 2 aromatic heterocycles. The number of nitrogens with one attached hydrogen (secondary N) is 2. The van der Waals surface area contributed by atoms with Gasteiger partial charge in [-0.3, -0.25) is 4.79 Å². The van der Waals surface area contributed by atoms with E-state index in [0.29, 0.717) is 41.5 Å². The lowest BCUT2D eigenvalue weighted by molar-refractivity contribution is 0.112. The van der Waals surface area contributed by atoms with Crippen molar-refractivity contribution in [2.24, 2.45) is 0 Å². The average Bonchev–Trinajstić information content (AvgIpc) is 3.43. The van der Waals surface area contributed by atoms with Crippen LogP contribution in [0.4, 0.5) is 15.9 Å². The predicted octanol–water partition coefficient (Wildman–Crippen LogP) is 6.63. The molecule has 0 aliphatic rings. The Morgan fingerprint density at radius 2 is 1.97 bits per heavy atom. The fourth-order valence-corrected chi connectivity index (χ4v) is 4.80. The van der Waals surface area contributed by atoms with Gasteiger partial charge >= 0.3 is 0 Å². The number of anilines is 2. The number of hydrogen-bond donors (Lipinski definition) is 3. The minimum Gasteiger partial charge on any atom is -0.491 e. The number of aldehydes is 1. The number of pyridine rings is 1. The van der Waals surface area contributed by atoms with Crippen molar-refractivity contribution in [1.29, 1.82) is 0 Å². The van der Waals surface area contributed by atoms with Gasteiger partial charge in [0.1, 0.15) is 17.7 Å². The Morgan fingerprint density at radius 3 is 2.74 bits per heavy atom. The number of hydrogen-bond acceptors (Lipinski definition) is 6. The van der Waals surface area contributed by atoms with Crippen molar-refractivity contribution >= 4 is 28.6 Å². The van der Waals surface area contributed by atoms with Gasteiger partial charge in [0, 0.05) is 34.0 Å². The van der Waals surface area contributed by atoms with Crippen LogP contribution in [0.5, 0.6) is 5.75 Å². The van der Waals surface area contributed by atoms with Crippen LogP contribution in [0.3, 0.4) is 0 Å². The molecule has 0 radical (unpaired) electrons. The van der Waals surface area contributed by atoms with Gasteiger partial charge in [-0.25, -0.2) is 14.4 Å². The lowest BCUT2D eigenvalue weighted by atomic mass is 9.99. The largest absolute Gasteiger partial charge is 0.491 e. The molecule has 0 bridgehead atoms. The number of halogens is 1. The van der Waals surface area contributed by atoms with Crippen LogP contribution in [0, 0.1) is 12.7 Å². The summed E-state index contributed by atoms with van der Waals surface area (Å²) in [5, 5.41) is 5.20. The van der Waals surface area contributed by atoms with Crippen molar-refractivity contribution in [3.05, 3.63) is 101 Å². The van der Waals surface area contributed by atoms with Crippen LogP contribution in [-0.4, -0.2) is 27.8 Å². The number of aromatic amines is 1. The molecule has 0 aliphatic heterocycles. The number of nitrogens with two attached hydrogens (primary N) is 1. The molecule has 0 saturated heterocycles. The van der Waals surface area contributed by atoms with E-state index in [4.69, 9.17) is 10.5 Å². The minimum absolute atomic E-state index is 0.199. The number of nitrogens with zero attached hydrogens (tertiary/aromatic N) is 2. The second-order valence-corrected chi connectivity index (χ2v) is 9.33. The van der Waals surface area contributed by atoms with Crippen molar-refractivity contribution in [1.82, 2.24) is 15.0 Å². The van der Waals surface area contributed by atoms with Gasteiger partial charge < -0.3 is 20.8 Å². The predicted molar refractivity (Wildman–Crippen MR) is 153 cm³/mol. The number of ether oxygens (including phenoxy) is 1. The molecule has 0 aliphatic carbocycles. The zero-order valence-electron chi connectivity index (χ0n) is 22.1. The van der Waals surface area contributed by atoms with E-state index in [1.54, 1.807) is 18.5 Å². The maximum Gasteiger partial charge on any atom is 0.170 e. The van der Waals surface area contributed by atoms with Crippen LogP contribution in [0.25, 0.3) is 22.0 Å². The molecule has 0 saturated carbocycles. The zero-order chi connectivity index (χ0) is 27.5. The summed E-state index contributed by atoms with van der Waals surface area (Å²) in [4.78, 5) is 24.0. The molecule has 8 heteroatoms. The fourth-order valence-electron chi connectivity index (χ4n) is 4.80. The van der Waals surface area contributed by atoms with Crippen LogP contribution in [0.1, 0.15) is 52.8 Å². The van der Waals surface area contributed by atoms with Crippen molar-refractivity contribution < 1.29 is 13.9 Å². The maximum absolute atomic E-state index is 15.9. The monoisotopic (exact) mass is 523 g/mol. The first kappa shape index (κ1) is 25.9. The summed E-state index contributed by atoms with van der Waals surface area (Å²) in [5.74, 6) is 0.679. The highest BCUT2D eigenvalue weighted by Crippen LogP contribution is 2.35. The van der Waals surface area contributed by atoms with Gasteiger partial charge in [-0.15, -0.1) is 0 Å². The lowest BCUT2D eigenvalue weighted by Crippen LogP contribution is -2.17. The van der Waals surface area contributed by atoms with E-state index in [1.807, 2.05) is 69.3 Å². The first-order valence-corrected chi connectivity index (χ1v) is 12.9. The molecule has 39 heavy (non-hydrogen) atoms. The van der Waals surface area contributed by atoms with Crippen LogP contribution in [0.2, 0.25) is 0 Å². The summed E-state index contributed by atoms with van der Waals surface area (Å²) in [5.41, 5.74) is 11.0. The van der Waals surface area contributed by atoms with Crippen LogP contribution >= 0.6 is 0 Å². The average molecular weight is 524 g/mol. The van der Waals surface area contributed by atoms with Gasteiger partial charge in [0.2, 0.25) is 0 Å². The number of imidazole rings is 1. The quantitative estimate of drug-likeness (QED) is 0.187. The number of carbonyl (C=O) groups is 1. The minimum atomic E-state index is -0.689. The molecule has 5 aromatic rings. The molecule has 1 atom stereocenters. The number of rotatable bonds is 9. The van der Waals surface area contributed by atoms with Crippen molar-refractivity contribution in [3.8, 4) is 17.0 Å². The Morgan fingerprint density at radius 1 is 1.13 bits per heavy atom. The number of aromatic nitrogens is 3. The molecule has 0 spiro atoms. The standard InChI is InChI=1S/C31H30FN5O2/c1-4-19-13-24(28(32)27(14-19)39-5-2)29(36-21-9-10-22-20(15-21)11-12-34-30(22)33)31-35-16-26(37-31)23-8-6-7-18(3)25(23)17-38/h6-17,29,36H,4-5H2,1-3H3,(H2,33,34)(H,35,37). The molecule has 0 amide bonds. The first-order chi connectivity index (χ1) is 18.9. The summed E-state index contributed by atoms with van der Waals surface area (Å²) in [6, 6.07) is 16.1. The molecule has 0 fully saturated rings. The zero-order valence-corrected chi connectivity index (χ0v) is 22.1. The maximum atomic E-state index is 15.9. The highest BCUT2D eigenvalue weighted by molar-refractivity contribution is 5.93. The summed E-state index contributed by atoms with van der Waals surface area (Å²) < 4.78 is 21.6. The van der Waals surface area contributed by atoms with E-state index < -0.39 is 11.9 Å². The van der Waals surface area contributed by atoms with Crippen molar-refractivity contribution in [2.45, 2.75) is 33.2 Å². The van der Waals surface area contributed by atoms with Gasteiger partial charge in [-0.1, -0.05) is 31.2 Å². The number of nitrogen functional groups attached to an aromatic ring is 1. The van der Waals surface area contributed by atoms with E-state index in [2.05, 4.69) is 20.3 Å². The molecule has 4 N–H and O–H groups in total. The Hall–Kier alpha value is -4.72. The Balaban J connectivity index is 1.65. The number of carbonyl (C=O) groups excluding carboxylic acids is 1. The highest BCUT2D eigenvalue weighted by Gasteiger charge is 2.25. The highest BCUT2D eigenvalue weighted by atomic mass is 19.1. The van der Waals surface area contributed by atoms with E-state index >= 15 is 4.39 Å². The third kappa shape index (κ3) is 5.05. The topological polar surface area (TPSA) is 106 Å². The molecule has 3 aromatic carbocycles. The van der Waals surface area contributed by atoms with Gasteiger partial charge in [-0.05, 0) is 67.1 Å². The van der Waals surface area contributed by atoms with Gasteiger partial charge in [0.25, 0.3) is 0 Å². The van der Waals surface area contributed by atoms with Crippen molar-refractivity contribution in [2.75, 3.05) is 17.7 Å². The number of fused-ring (bicyclic) bond motifs is 1. The molecule has 1 unspecified atom stereocenters. The molecule has 2 heterocycles. The summed E-state index contributed by atoms with van der Waals surface area (Å²) in [6.07, 6.45) is 4.87. The molecular formula is C31H30FN5O2. The normalized spacial score (nSPS) is 11.9. The molecule has 7 nitrogen and oxygen atoms in total. The van der Waals surface area contributed by atoms with E-state index in [9.17, 15) is 4.79 Å². The Kier molecular flexibility index (Phi) is 7.27. The van der Waals surface area contributed by atoms with Gasteiger partial charge in [0.05, 0.1) is 18.5 Å². The first-order valence-electron chi connectivity index (χ1n) is 12.9. The number of aryl methyl sites for hydroxylation is 2. The second-order valence-electron chi connectivity index (χ2n) is 9.33. The summed E-state index contributed by atoms with van der Waals surface area (Å²) in [6.45, 7) is 6.07. The van der Waals surface area contributed by atoms with E-state index in [-0.39, 0.29) is 5.75 Å². The van der Waals surface area contributed by atoms with Crippen LogP contribution in [0.15, 0.2) is 67.0 Å². The smallest absolute Gasteiger partial charge is 0.170 e.